The zero-order chi connectivity index (χ0) is 18.1. The average molecular weight is 391 g/mol. The lowest BCUT2D eigenvalue weighted by atomic mass is 10.0. The van der Waals surface area contributed by atoms with Crippen LogP contribution in [0.3, 0.4) is 0 Å². The minimum absolute atomic E-state index is 0.173. The van der Waals surface area contributed by atoms with Gasteiger partial charge in [0.15, 0.2) is 0 Å². The Bertz CT molecular complexity index is 1040. The summed E-state index contributed by atoms with van der Waals surface area (Å²) in [6, 6.07) is 10.9. The normalized spacial score (nSPS) is 19.5. The van der Waals surface area contributed by atoms with E-state index < -0.39 is 10.0 Å². The third-order valence-corrected chi connectivity index (χ3v) is 7.26. The van der Waals surface area contributed by atoms with Crippen LogP contribution in [0.5, 0.6) is 0 Å². The fraction of sp³-hybridized carbons (Fsp3) is 0.333. The molecular formula is C18H18FN3O2S2. The largest absolute Gasteiger partial charge is 0.245 e. The summed E-state index contributed by atoms with van der Waals surface area (Å²) in [5, 5.41) is 0. The summed E-state index contributed by atoms with van der Waals surface area (Å²) in [5.74, 6) is -0.352. The zero-order valence-corrected chi connectivity index (χ0v) is 15.6. The highest BCUT2D eigenvalue weighted by Crippen LogP contribution is 2.36. The molecule has 0 saturated carbocycles. The lowest BCUT2D eigenvalue weighted by Crippen LogP contribution is -2.35. The van der Waals surface area contributed by atoms with E-state index in [-0.39, 0.29) is 16.8 Å². The number of fused-ring (bicyclic) bond motifs is 1. The van der Waals surface area contributed by atoms with Crippen LogP contribution < -0.4 is 0 Å². The first-order chi connectivity index (χ1) is 12.6. The van der Waals surface area contributed by atoms with Gasteiger partial charge >= 0.3 is 0 Å². The van der Waals surface area contributed by atoms with Crippen LogP contribution in [0.25, 0.3) is 11.0 Å². The van der Waals surface area contributed by atoms with E-state index in [0.29, 0.717) is 29.6 Å². The first-order valence-electron chi connectivity index (χ1n) is 8.56. The van der Waals surface area contributed by atoms with Gasteiger partial charge in [0, 0.05) is 6.54 Å². The van der Waals surface area contributed by atoms with Crippen molar-refractivity contribution >= 4 is 32.8 Å². The van der Waals surface area contributed by atoms with Gasteiger partial charge in [0.1, 0.15) is 21.7 Å². The van der Waals surface area contributed by atoms with Crippen LogP contribution in [0.2, 0.25) is 0 Å². The van der Waals surface area contributed by atoms with Crippen LogP contribution in [-0.4, -0.2) is 28.0 Å². The fourth-order valence-corrected chi connectivity index (χ4v) is 5.97. The Morgan fingerprint density at radius 3 is 2.77 bits per heavy atom. The Balaban J connectivity index is 1.83. The highest BCUT2D eigenvalue weighted by Gasteiger charge is 2.35. The molecule has 0 N–H and O–H groups in total. The molecule has 2 heterocycles. The quantitative estimate of drug-likeness (QED) is 0.673. The van der Waals surface area contributed by atoms with Crippen molar-refractivity contribution in [3.05, 3.63) is 53.8 Å². The molecule has 1 aliphatic heterocycles. The molecule has 1 saturated heterocycles. The summed E-state index contributed by atoms with van der Waals surface area (Å²) in [7, 11) is -3.78. The molecule has 1 atom stereocenters. The molecule has 3 aromatic rings. The van der Waals surface area contributed by atoms with Crippen molar-refractivity contribution in [3.63, 3.8) is 0 Å². The molecule has 0 radical (unpaired) electrons. The lowest BCUT2D eigenvalue weighted by molar-refractivity contribution is 0.328. The van der Waals surface area contributed by atoms with E-state index in [2.05, 4.69) is 8.75 Å². The van der Waals surface area contributed by atoms with E-state index in [4.69, 9.17) is 0 Å². The second-order valence-electron chi connectivity index (χ2n) is 6.42. The van der Waals surface area contributed by atoms with Gasteiger partial charge in [-0.15, -0.1) is 0 Å². The molecule has 1 fully saturated rings. The molecule has 8 heteroatoms. The first-order valence-corrected chi connectivity index (χ1v) is 10.7. The number of sulfonamides is 1. The molecule has 0 bridgehead atoms. The summed E-state index contributed by atoms with van der Waals surface area (Å²) in [5.41, 5.74) is 1.67. The highest BCUT2D eigenvalue weighted by molar-refractivity contribution is 7.89. The van der Waals surface area contributed by atoms with E-state index >= 15 is 0 Å². The van der Waals surface area contributed by atoms with Crippen molar-refractivity contribution in [2.45, 2.75) is 36.6 Å². The molecule has 1 aromatic heterocycles. The molecular weight excluding hydrogens is 373 g/mol. The topological polar surface area (TPSA) is 63.2 Å². The average Bonchev–Trinajstić information content (AvgIpc) is 2.96. The molecule has 0 aliphatic carbocycles. The van der Waals surface area contributed by atoms with Gasteiger partial charge in [0.25, 0.3) is 0 Å². The van der Waals surface area contributed by atoms with Crippen LogP contribution in [0.1, 0.15) is 37.3 Å². The van der Waals surface area contributed by atoms with Crippen molar-refractivity contribution in [3.8, 4) is 0 Å². The number of benzene rings is 2. The summed E-state index contributed by atoms with van der Waals surface area (Å²) >= 11 is 1.00. The Hall–Kier alpha value is -1.90. The summed E-state index contributed by atoms with van der Waals surface area (Å²) in [4.78, 5) is 0.173. The minimum atomic E-state index is -3.78. The fourth-order valence-electron chi connectivity index (χ4n) is 3.53. The molecule has 136 valence electrons. The molecule has 0 amide bonds. The minimum Gasteiger partial charge on any atom is -0.207 e. The summed E-state index contributed by atoms with van der Waals surface area (Å²) in [6.07, 6.45) is 3.33. The van der Waals surface area contributed by atoms with Crippen LogP contribution in [0.4, 0.5) is 4.39 Å². The van der Waals surface area contributed by atoms with Gasteiger partial charge in [-0.3, -0.25) is 0 Å². The molecule has 26 heavy (non-hydrogen) atoms. The van der Waals surface area contributed by atoms with Crippen LogP contribution in [0.15, 0.2) is 47.4 Å². The van der Waals surface area contributed by atoms with Crippen molar-refractivity contribution in [1.82, 2.24) is 13.1 Å². The van der Waals surface area contributed by atoms with Gasteiger partial charge in [-0.2, -0.15) is 13.1 Å². The number of halogens is 1. The number of aromatic nitrogens is 2. The maximum absolute atomic E-state index is 13.8. The van der Waals surface area contributed by atoms with Gasteiger partial charge in [-0.1, -0.05) is 31.0 Å². The van der Waals surface area contributed by atoms with E-state index in [9.17, 15) is 12.8 Å². The Morgan fingerprint density at radius 1 is 1.08 bits per heavy atom. The van der Waals surface area contributed by atoms with E-state index in [1.165, 1.54) is 16.4 Å². The number of hydrogen-bond acceptors (Lipinski definition) is 5. The monoisotopic (exact) mass is 391 g/mol. The van der Waals surface area contributed by atoms with E-state index in [0.717, 1.165) is 31.0 Å². The van der Waals surface area contributed by atoms with Gasteiger partial charge in [-0.05, 0) is 42.7 Å². The Kier molecular flexibility index (Phi) is 4.73. The second kappa shape index (κ2) is 7.02. The Morgan fingerprint density at radius 2 is 1.92 bits per heavy atom. The summed E-state index contributed by atoms with van der Waals surface area (Å²) in [6.45, 7) is 0.414. The molecule has 0 spiro atoms. The molecule has 5 nitrogen and oxygen atoms in total. The van der Waals surface area contributed by atoms with Crippen LogP contribution in [0, 0.1) is 5.82 Å². The number of rotatable bonds is 3. The van der Waals surface area contributed by atoms with Crippen molar-refractivity contribution in [2.24, 2.45) is 0 Å². The standard InChI is InChI=1S/C18H18FN3O2S2/c19-14-7-4-6-13(12-14)16-9-2-1-3-11-22(16)26(23,24)17-10-5-8-15-18(17)21-25-20-15/h4-8,10,12,16H,1-3,9,11H2. The zero-order valence-electron chi connectivity index (χ0n) is 14.0. The number of hydrogen-bond donors (Lipinski definition) is 0. The smallest absolute Gasteiger partial charge is 0.207 e. The number of nitrogens with zero attached hydrogens (tertiary/aromatic N) is 3. The van der Waals surface area contributed by atoms with Crippen LogP contribution >= 0.6 is 11.7 Å². The van der Waals surface area contributed by atoms with Gasteiger partial charge in [-0.25, -0.2) is 12.8 Å². The van der Waals surface area contributed by atoms with Crippen LogP contribution in [-0.2, 0) is 10.0 Å². The third kappa shape index (κ3) is 3.13. The third-order valence-electron chi connectivity index (χ3n) is 4.77. The molecule has 1 unspecified atom stereocenters. The molecule has 1 aliphatic rings. The summed E-state index contributed by atoms with van der Waals surface area (Å²) < 4.78 is 50.6. The second-order valence-corrected chi connectivity index (χ2v) is 8.81. The van der Waals surface area contributed by atoms with Gasteiger partial charge in [0.2, 0.25) is 10.0 Å². The molecule has 2 aromatic carbocycles. The first kappa shape index (κ1) is 17.5. The van der Waals surface area contributed by atoms with Gasteiger partial charge < -0.3 is 0 Å². The lowest BCUT2D eigenvalue weighted by Gasteiger charge is -2.29. The maximum atomic E-state index is 13.8. The molecule has 4 rings (SSSR count). The SMILES string of the molecule is O=S(=O)(c1cccc2nsnc12)N1CCCCCC1c1cccc(F)c1. The highest BCUT2D eigenvalue weighted by atomic mass is 32.2. The van der Waals surface area contributed by atoms with Crippen molar-refractivity contribution < 1.29 is 12.8 Å². The van der Waals surface area contributed by atoms with E-state index in [1.54, 1.807) is 30.3 Å². The van der Waals surface area contributed by atoms with Crippen molar-refractivity contribution in [1.29, 1.82) is 0 Å². The maximum Gasteiger partial charge on any atom is 0.245 e. The Labute approximate surface area is 155 Å². The van der Waals surface area contributed by atoms with E-state index in [1.807, 2.05) is 0 Å². The predicted molar refractivity (Wildman–Crippen MR) is 98.9 cm³/mol. The van der Waals surface area contributed by atoms with Crippen molar-refractivity contribution in [2.75, 3.05) is 6.54 Å². The van der Waals surface area contributed by atoms with Gasteiger partial charge in [0.05, 0.1) is 17.8 Å². The predicted octanol–water partition coefficient (Wildman–Crippen LogP) is 4.14.